The first kappa shape index (κ1) is 9.54. The van der Waals surface area contributed by atoms with Gasteiger partial charge in [-0.3, -0.25) is 0 Å². The van der Waals surface area contributed by atoms with E-state index in [2.05, 4.69) is 9.97 Å². The summed E-state index contributed by atoms with van der Waals surface area (Å²) in [7, 11) is 1.98. The van der Waals surface area contributed by atoms with Gasteiger partial charge < -0.3 is 10.3 Å². The Kier molecular flexibility index (Phi) is 2.74. The monoisotopic (exact) mass is 226 g/mol. The number of nitrogens with two attached hydrogens (primary N) is 1. The van der Waals surface area contributed by atoms with Gasteiger partial charge in [-0.2, -0.15) is 0 Å². The van der Waals surface area contributed by atoms with Gasteiger partial charge in [0.05, 0.1) is 0 Å². The summed E-state index contributed by atoms with van der Waals surface area (Å²) in [5.74, 6) is 0.875. The highest BCUT2D eigenvalue weighted by Crippen LogP contribution is 2.24. The third kappa shape index (κ3) is 2.08. The quantitative estimate of drug-likeness (QED) is 0.810. The van der Waals surface area contributed by atoms with Crippen molar-refractivity contribution in [2.24, 2.45) is 7.05 Å². The summed E-state index contributed by atoms with van der Waals surface area (Å²) < 4.78 is 2.00. The molecule has 0 saturated heterocycles. The minimum atomic E-state index is 0.625. The van der Waals surface area contributed by atoms with E-state index in [0.717, 1.165) is 10.9 Å². The fourth-order valence-corrected chi connectivity index (χ4v) is 2.65. The van der Waals surface area contributed by atoms with E-state index >= 15 is 0 Å². The van der Waals surface area contributed by atoms with E-state index in [-0.39, 0.29) is 0 Å². The third-order valence-corrected chi connectivity index (χ3v) is 3.81. The van der Waals surface area contributed by atoms with Crippen LogP contribution in [0.3, 0.4) is 0 Å². The van der Waals surface area contributed by atoms with Gasteiger partial charge in [-0.15, -0.1) is 11.3 Å². The molecule has 2 aromatic heterocycles. The number of hydrogen-bond acceptors (Lipinski definition) is 5. The van der Waals surface area contributed by atoms with Crippen LogP contribution in [0.2, 0.25) is 0 Å². The lowest BCUT2D eigenvalue weighted by Crippen LogP contribution is -1.88. The number of nitrogens with zero attached hydrogens (tertiary/aromatic N) is 3. The maximum atomic E-state index is 5.53. The predicted octanol–water partition coefficient (Wildman–Crippen LogP) is 1.75. The Balaban J connectivity index is 1.98. The number of aryl methyl sites for hydroxylation is 1. The minimum Gasteiger partial charge on any atom is -0.375 e. The van der Waals surface area contributed by atoms with Gasteiger partial charge in [-0.1, -0.05) is 11.8 Å². The second kappa shape index (κ2) is 4.02. The van der Waals surface area contributed by atoms with Crippen molar-refractivity contribution in [3.63, 3.8) is 0 Å². The fourth-order valence-electron chi connectivity index (χ4n) is 1.02. The van der Waals surface area contributed by atoms with Gasteiger partial charge in [-0.25, -0.2) is 9.97 Å². The highest BCUT2D eigenvalue weighted by atomic mass is 32.2. The van der Waals surface area contributed by atoms with Gasteiger partial charge in [0.25, 0.3) is 0 Å². The number of aromatic nitrogens is 3. The number of thioether (sulfide) groups is 1. The van der Waals surface area contributed by atoms with E-state index in [1.165, 1.54) is 16.2 Å². The molecular weight excluding hydrogens is 216 g/mol. The van der Waals surface area contributed by atoms with Crippen molar-refractivity contribution in [1.29, 1.82) is 0 Å². The van der Waals surface area contributed by atoms with E-state index in [4.69, 9.17) is 5.73 Å². The summed E-state index contributed by atoms with van der Waals surface area (Å²) in [4.78, 5) is 9.39. The maximum Gasteiger partial charge on any atom is 0.180 e. The molecule has 0 spiro atoms. The summed E-state index contributed by atoms with van der Waals surface area (Å²) in [5.41, 5.74) is 5.53. The van der Waals surface area contributed by atoms with Crippen LogP contribution in [-0.2, 0) is 12.8 Å². The van der Waals surface area contributed by atoms with Crippen LogP contribution in [-0.4, -0.2) is 14.5 Å². The standard InChI is InChI=1S/C8H10N4S2/c1-12-3-2-10-8(12)13-5-6-4-11-7(9)14-6/h2-4H,5H2,1H3,(H2,9,11). The van der Waals surface area contributed by atoms with Crippen LogP contribution in [0.1, 0.15) is 4.88 Å². The smallest absolute Gasteiger partial charge is 0.180 e. The predicted molar refractivity (Wildman–Crippen MR) is 59.3 cm³/mol. The third-order valence-electron chi connectivity index (χ3n) is 1.69. The van der Waals surface area contributed by atoms with Gasteiger partial charge in [0.2, 0.25) is 0 Å². The molecule has 4 nitrogen and oxygen atoms in total. The van der Waals surface area contributed by atoms with Crippen LogP contribution < -0.4 is 5.73 Å². The summed E-state index contributed by atoms with van der Waals surface area (Å²) >= 11 is 3.21. The van der Waals surface area contributed by atoms with Crippen molar-refractivity contribution in [3.8, 4) is 0 Å². The lowest BCUT2D eigenvalue weighted by molar-refractivity contribution is 0.790. The first-order valence-electron chi connectivity index (χ1n) is 4.06. The zero-order valence-corrected chi connectivity index (χ0v) is 9.31. The van der Waals surface area contributed by atoms with Crippen LogP contribution in [0.25, 0.3) is 0 Å². The lowest BCUT2D eigenvalue weighted by atomic mass is 10.6. The summed E-state index contributed by atoms with van der Waals surface area (Å²) in [6.07, 6.45) is 5.54. The van der Waals surface area contributed by atoms with Crippen LogP contribution in [0.15, 0.2) is 23.7 Å². The van der Waals surface area contributed by atoms with Crippen molar-refractivity contribution >= 4 is 28.2 Å². The fraction of sp³-hybridized carbons (Fsp3) is 0.250. The molecular formula is C8H10N4S2. The van der Waals surface area contributed by atoms with Gasteiger partial charge in [0.15, 0.2) is 10.3 Å². The molecule has 74 valence electrons. The molecule has 2 rings (SSSR count). The maximum absolute atomic E-state index is 5.53. The normalized spacial score (nSPS) is 10.6. The molecule has 0 aliphatic rings. The lowest BCUT2D eigenvalue weighted by Gasteiger charge is -1.98. The van der Waals surface area contributed by atoms with Crippen molar-refractivity contribution in [2.45, 2.75) is 10.9 Å². The molecule has 0 fully saturated rings. The molecule has 0 aromatic carbocycles. The molecule has 6 heteroatoms. The number of hydrogen-bond donors (Lipinski definition) is 1. The second-order valence-corrected chi connectivity index (χ2v) is 4.86. The van der Waals surface area contributed by atoms with Crippen LogP contribution in [0, 0.1) is 0 Å². The average Bonchev–Trinajstić information content (AvgIpc) is 2.72. The molecule has 2 aromatic rings. The minimum absolute atomic E-state index is 0.625. The van der Waals surface area contributed by atoms with Gasteiger partial charge in [-0.05, 0) is 0 Å². The van der Waals surface area contributed by atoms with Crippen LogP contribution in [0.5, 0.6) is 0 Å². The van der Waals surface area contributed by atoms with E-state index < -0.39 is 0 Å². The number of anilines is 1. The molecule has 2 heterocycles. The molecule has 0 aliphatic carbocycles. The average molecular weight is 226 g/mol. The summed E-state index contributed by atoms with van der Waals surface area (Å²) in [6, 6.07) is 0. The van der Waals surface area contributed by atoms with E-state index in [0.29, 0.717) is 5.13 Å². The second-order valence-electron chi connectivity index (χ2n) is 2.77. The van der Waals surface area contributed by atoms with Gasteiger partial charge in [0, 0.05) is 36.3 Å². The molecule has 0 radical (unpaired) electrons. The number of rotatable bonds is 3. The molecule has 0 saturated carbocycles. The Bertz CT molecular complexity index is 420. The van der Waals surface area contributed by atoms with E-state index in [9.17, 15) is 0 Å². The first-order chi connectivity index (χ1) is 6.75. The van der Waals surface area contributed by atoms with E-state index in [1.807, 2.05) is 24.0 Å². The number of thiazole rings is 1. The largest absolute Gasteiger partial charge is 0.375 e. The topological polar surface area (TPSA) is 56.7 Å². The molecule has 0 bridgehead atoms. The molecule has 0 atom stereocenters. The van der Waals surface area contributed by atoms with Crippen molar-refractivity contribution in [1.82, 2.24) is 14.5 Å². The highest BCUT2D eigenvalue weighted by molar-refractivity contribution is 7.98. The molecule has 0 unspecified atom stereocenters. The van der Waals surface area contributed by atoms with Gasteiger partial charge >= 0.3 is 0 Å². The number of nitrogen functional groups attached to an aromatic ring is 1. The first-order valence-corrected chi connectivity index (χ1v) is 5.86. The molecule has 14 heavy (non-hydrogen) atoms. The van der Waals surface area contributed by atoms with Crippen LogP contribution >= 0.6 is 23.1 Å². The van der Waals surface area contributed by atoms with Crippen molar-refractivity contribution < 1.29 is 0 Å². The zero-order valence-electron chi connectivity index (χ0n) is 7.67. The van der Waals surface area contributed by atoms with Crippen LogP contribution in [0.4, 0.5) is 5.13 Å². The Morgan fingerprint density at radius 1 is 1.57 bits per heavy atom. The summed E-state index contributed by atoms with van der Waals surface area (Å²) in [5, 5.41) is 1.64. The molecule has 2 N–H and O–H groups in total. The van der Waals surface area contributed by atoms with Crippen molar-refractivity contribution in [2.75, 3.05) is 5.73 Å². The zero-order chi connectivity index (χ0) is 9.97. The highest BCUT2D eigenvalue weighted by Gasteiger charge is 2.03. The SMILES string of the molecule is Cn1ccnc1SCc1cnc(N)s1. The summed E-state index contributed by atoms with van der Waals surface area (Å²) in [6.45, 7) is 0. The number of imidazole rings is 1. The molecule has 0 aliphatic heterocycles. The Morgan fingerprint density at radius 3 is 3.00 bits per heavy atom. The Morgan fingerprint density at radius 2 is 2.43 bits per heavy atom. The van der Waals surface area contributed by atoms with Gasteiger partial charge in [0.1, 0.15) is 0 Å². The van der Waals surface area contributed by atoms with Crippen molar-refractivity contribution in [3.05, 3.63) is 23.5 Å². The molecule has 0 amide bonds. The Labute approximate surface area is 90.2 Å². The Hall–Kier alpha value is -1.01. The van der Waals surface area contributed by atoms with E-state index in [1.54, 1.807) is 18.0 Å².